The van der Waals surface area contributed by atoms with Crippen LogP contribution in [0.1, 0.15) is 110 Å². The topological polar surface area (TPSA) is 35.5 Å². The lowest BCUT2D eigenvalue weighted by Crippen LogP contribution is -2.04. The highest BCUT2D eigenvalue weighted by Crippen LogP contribution is 2.12. The highest BCUT2D eigenvalue weighted by Gasteiger charge is 1.99. The maximum absolute atomic E-state index is 11.2. The normalized spacial score (nSPS) is 11.1. The Morgan fingerprint density at radius 2 is 1.21 bits per heavy atom. The van der Waals surface area contributed by atoms with Gasteiger partial charge in [0.2, 0.25) is 0 Å². The van der Waals surface area contributed by atoms with Gasteiger partial charge in [-0.2, -0.15) is 0 Å². The third kappa shape index (κ3) is 19.1. The van der Waals surface area contributed by atoms with E-state index in [1.165, 1.54) is 83.3 Å². The molecule has 3 nitrogen and oxygen atoms in total. The Morgan fingerprint density at radius 3 is 1.75 bits per heavy atom. The van der Waals surface area contributed by atoms with Gasteiger partial charge in [-0.3, -0.25) is 0 Å². The lowest BCUT2D eigenvalue weighted by molar-refractivity contribution is 0.0834. The molecule has 0 N–H and O–H groups in total. The number of allylic oxidation sites excluding steroid dienone is 1. The monoisotopic (exact) mass is 340 g/mol. The van der Waals surface area contributed by atoms with Gasteiger partial charge in [-0.15, -0.1) is 0 Å². The van der Waals surface area contributed by atoms with Crippen molar-refractivity contribution in [2.45, 2.75) is 110 Å². The van der Waals surface area contributed by atoms with Crippen molar-refractivity contribution in [2.24, 2.45) is 0 Å². The summed E-state index contributed by atoms with van der Waals surface area (Å²) in [4.78, 5) is 11.2. The van der Waals surface area contributed by atoms with Crippen molar-refractivity contribution in [3.8, 4) is 0 Å². The molecule has 142 valence electrons. The molecule has 0 saturated heterocycles. The molecular weight excluding hydrogens is 300 g/mol. The first kappa shape index (κ1) is 23.0. The van der Waals surface area contributed by atoms with E-state index in [1.807, 2.05) is 6.08 Å². The molecule has 24 heavy (non-hydrogen) atoms. The molecule has 0 aromatic rings. The van der Waals surface area contributed by atoms with Crippen molar-refractivity contribution in [1.82, 2.24) is 0 Å². The van der Waals surface area contributed by atoms with E-state index in [0.717, 1.165) is 19.3 Å². The molecule has 0 spiro atoms. The van der Waals surface area contributed by atoms with Crippen LogP contribution in [0.15, 0.2) is 12.3 Å². The van der Waals surface area contributed by atoms with E-state index in [-0.39, 0.29) is 0 Å². The summed E-state index contributed by atoms with van der Waals surface area (Å²) in [6, 6.07) is 0. The highest BCUT2D eigenvalue weighted by atomic mass is 16.7. The molecule has 0 radical (unpaired) electrons. The number of hydrogen-bond acceptors (Lipinski definition) is 3. The summed E-state index contributed by atoms with van der Waals surface area (Å²) >= 11 is 0. The number of rotatable bonds is 17. The molecule has 0 heterocycles. The second-order valence-electron chi connectivity index (χ2n) is 6.62. The van der Waals surface area contributed by atoms with E-state index in [9.17, 15) is 4.79 Å². The van der Waals surface area contributed by atoms with Crippen LogP contribution in [-0.2, 0) is 9.47 Å². The molecule has 0 aromatic heterocycles. The average molecular weight is 341 g/mol. The van der Waals surface area contributed by atoms with Gasteiger partial charge >= 0.3 is 6.16 Å². The molecule has 3 heteroatoms. The summed E-state index contributed by atoms with van der Waals surface area (Å²) in [5.41, 5.74) is 0. The van der Waals surface area contributed by atoms with E-state index < -0.39 is 6.16 Å². The maximum atomic E-state index is 11.2. The molecule has 0 bridgehead atoms. The summed E-state index contributed by atoms with van der Waals surface area (Å²) < 4.78 is 9.74. The number of ether oxygens (including phenoxy) is 2. The van der Waals surface area contributed by atoms with Gasteiger partial charge in [-0.25, -0.2) is 4.79 Å². The van der Waals surface area contributed by atoms with Crippen LogP contribution in [0, 0.1) is 0 Å². The SMILES string of the molecule is CCCCCCCCCCCCCCC=COC(=O)OCCCC. The van der Waals surface area contributed by atoms with Crippen LogP contribution in [0.5, 0.6) is 0 Å². The molecule has 0 aliphatic carbocycles. The predicted octanol–water partition coefficient (Wildman–Crippen LogP) is 7.54. The smallest absolute Gasteiger partial charge is 0.434 e. The first-order valence-corrected chi connectivity index (χ1v) is 10.3. The largest absolute Gasteiger partial charge is 0.513 e. The van der Waals surface area contributed by atoms with Crippen molar-refractivity contribution in [2.75, 3.05) is 6.61 Å². The van der Waals surface area contributed by atoms with E-state index in [1.54, 1.807) is 0 Å². The summed E-state index contributed by atoms with van der Waals surface area (Å²) in [5, 5.41) is 0. The van der Waals surface area contributed by atoms with Crippen molar-refractivity contribution in [1.29, 1.82) is 0 Å². The summed E-state index contributed by atoms with van der Waals surface area (Å²) in [5.74, 6) is 0. The molecule has 0 aliphatic heterocycles. The van der Waals surface area contributed by atoms with Gasteiger partial charge in [-0.05, 0) is 25.3 Å². The van der Waals surface area contributed by atoms with Crippen LogP contribution >= 0.6 is 0 Å². The fraction of sp³-hybridized carbons (Fsp3) is 0.857. The molecule has 0 amide bonds. The highest BCUT2D eigenvalue weighted by molar-refractivity contribution is 5.60. The molecule has 0 fully saturated rings. The first-order chi connectivity index (χ1) is 11.8. The molecule has 0 aliphatic rings. The molecule has 0 atom stereocenters. The van der Waals surface area contributed by atoms with Crippen LogP contribution < -0.4 is 0 Å². The Hall–Kier alpha value is -0.990. The van der Waals surface area contributed by atoms with Gasteiger partial charge in [0.05, 0.1) is 12.9 Å². The maximum Gasteiger partial charge on any atom is 0.513 e. The fourth-order valence-corrected chi connectivity index (χ4v) is 2.61. The zero-order valence-corrected chi connectivity index (χ0v) is 16.2. The second-order valence-corrected chi connectivity index (χ2v) is 6.62. The zero-order chi connectivity index (χ0) is 17.7. The average Bonchev–Trinajstić information content (AvgIpc) is 2.58. The van der Waals surface area contributed by atoms with Crippen molar-refractivity contribution in [3.63, 3.8) is 0 Å². The quantitative estimate of drug-likeness (QED) is 0.156. The van der Waals surface area contributed by atoms with E-state index >= 15 is 0 Å². The van der Waals surface area contributed by atoms with Crippen molar-refractivity contribution in [3.05, 3.63) is 12.3 Å². The second kappa shape index (κ2) is 20.1. The fourth-order valence-electron chi connectivity index (χ4n) is 2.61. The van der Waals surface area contributed by atoms with Gasteiger partial charge in [0.15, 0.2) is 0 Å². The standard InChI is InChI=1S/C21H40O3/c1-3-5-7-8-9-10-11-12-13-14-15-16-17-18-20-24-21(22)23-19-6-4-2/h18,20H,3-17,19H2,1-2H3. The van der Waals surface area contributed by atoms with E-state index in [2.05, 4.69) is 13.8 Å². The van der Waals surface area contributed by atoms with Crippen LogP contribution in [0.2, 0.25) is 0 Å². The minimum Gasteiger partial charge on any atom is -0.434 e. The van der Waals surface area contributed by atoms with Gasteiger partial charge in [0.25, 0.3) is 0 Å². The van der Waals surface area contributed by atoms with Crippen LogP contribution in [0.25, 0.3) is 0 Å². The van der Waals surface area contributed by atoms with Gasteiger partial charge in [0.1, 0.15) is 0 Å². The Kier molecular flexibility index (Phi) is 19.2. The molecule has 0 saturated carbocycles. The third-order valence-corrected chi connectivity index (χ3v) is 4.20. The molecule has 0 rings (SSSR count). The number of hydrogen-bond donors (Lipinski definition) is 0. The lowest BCUT2D eigenvalue weighted by atomic mass is 10.0. The van der Waals surface area contributed by atoms with Crippen molar-refractivity contribution < 1.29 is 14.3 Å². The summed E-state index contributed by atoms with van der Waals surface area (Å²) in [6.45, 7) is 4.77. The lowest BCUT2D eigenvalue weighted by Gasteiger charge is -2.02. The van der Waals surface area contributed by atoms with Crippen LogP contribution in [-0.4, -0.2) is 12.8 Å². The Morgan fingerprint density at radius 1 is 0.708 bits per heavy atom. The zero-order valence-electron chi connectivity index (χ0n) is 16.2. The number of carbonyl (C=O) groups is 1. The number of unbranched alkanes of at least 4 members (excludes halogenated alkanes) is 13. The minimum absolute atomic E-state index is 0.446. The molecule has 0 aromatic carbocycles. The van der Waals surface area contributed by atoms with E-state index in [0.29, 0.717) is 6.61 Å². The predicted molar refractivity (Wildman–Crippen MR) is 102 cm³/mol. The summed E-state index contributed by atoms with van der Waals surface area (Å²) in [6.07, 6.45) is 22.0. The summed E-state index contributed by atoms with van der Waals surface area (Å²) in [7, 11) is 0. The van der Waals surface area contributed by atoms with Gasteiger partial charge in [-0.1, -0.05) is 90.9 Å². The number of carbonyl (C=O) groups excluding carboxylic acids is 1. The van der Waals surface area contributed by atoms with Crippen molar-refractivity contribution >= 4 is 6.16 Å². The first-order valence-electron chi connectivity index (χ1n) is 10.3. The van der Waals surface area contributed by atoms with E-state index in [4.69, 9.17) is 9.47 Å². The Bertz CT molecular complexity index is 287. The van der Waals surface area contributed by atoms with Gasteiger partial charge in [0, 0.05) is 0 Å². The van der Waals surface area contributed by atoms with Gasteiger partial charge < -0.3 is 9.47 Å². The van der Waals surface area contributed by atoms with Crippen LogP contribution in [0.3, 0.4) is 0 Å². The molecule has 0 unspecified atom stereocenters. The molecular formula is C21H40O3. The Labute approximate surface area is 150 Å². The third-order valence-electron chi connectivity index (χ3n) is 4.20. The van der Waals surface area contributed by atoms with Crippen LogP contribution in [0.4, 0.5) is 4.79 Å². The minimum atomic E-state index is -0.589. The Balaban J connectivity index is 3.16.